The average Bonchev–Trinajstić information content (AvgIpc) is 2.66. The van der Waals surface area contributed by atoms with Crippen LogP contribution in [-0.4, -0.2) is 62.7 Å². The highest BCUT2D eigenvalue weighted by Crippen LogP contribution is 2.30. The van der Waals surface area contributed by atoms with E-state index in [1.54, 1.807) is 4.31 Å². The lowest BCUT2D eigenvalue weighted by Crippen LogP contribution is -2.39. The number of hydrogen-bond donors (Lipinski definition) is 0. The van der Waals surface area contributed by atoms with Gasteiger partial charge in [0.2, 0.25) is 10.0 Å². The molecule has 0 saturated carbocycles. The van der Waals surface area contributed by atoms with Crippen LogP contribution in [-0.2, 0) is 10.0 Å². The van der Waals surface area contributed by atoms with Crippen molar-refractivity contribution >= 4 is 10.0 Å². The molecule has 1 aromatic rings. The molecule has 0 N–H and O–H groups in total. The second-order valence-corrected chi connectivity index (χ2v) is 10.4. The summed E-state index contributed by atoms with van der Waals surface area (Å²) in [5, 5.41) is 0. The van der Waals surface area contributed by atoms with E-state index >= 15 is 0 Å². The molecule has 2 aliphatic heterocycles. The first-order valence-corrected chi connectivity index (χ1v) is 12.1. The molecule has 5 nitrogen and oxygen atoms in total. The first-order valence-electron chi connectivity index (χ1n) is 10.2. The van der Waals surface area contributed by atoms with Gasteiger partial charge < -0.3 is 9.64 Å². The number of piperidine rings is 2. The molecule has 0 bridgehead atoms. The number of likely N-dealkylation sites (tertiary alicyclic amines) is 1. The van der Waals surface area contributed by atoms with Gasteiger partial charge in [0, 0.05) is 19.1 Å². The van der Waals surface area contributed by atoms with Crippen LogP contribution in [0.1, 0.15) is 51.0 Å². The van der Waals surface area contributed by atoms with Crippen LogP contribution in [0.2, 0.25) is 0 Å². The van der Waals surface area contributed by atoms with Crippen LogP contribution in [0.25, 0.3) is 0 Å². The van der Waals surface area contributed by atoms with Gasteiger partial charge in [-0.1, -0.05) is 12.1 Å². The minimum Gasteiger partial charge on any atom is -0.493 e. The molecular formula is C21H34N2O3S. The molecule has 0 unspecified atom stereocenters. The Hall–Kier alpha value is -1.11. The zero-order valence-corrected chi connectivity index (χ0v) is 17.7. The Morgan fingerprint density at radius 1 is 1.00 bits per heavy atom. The van der Waals surface area contributed by atoms with Gasteiger partial charge in [-0.15, -0.1) is 0 Å². The van der Waals surface area contributed by atoms with E-state index in [2.05, 4.69) is 43.0 Å². The van der Waals surface area contributed by atoms with Gasteiger partial charge >= 0.3 is 0 Å². The molecule has 1 aromatic carbocycles. The van der Waals surface area contributed by atoms with Crippen LogP contribution >= 0.6 is 0 Å². The highest BCUT2D eigenvalue weighted by Gasteiger charge is 2.26. The minimum atomic E-state index is -3.05. The van der Waals surface area contributed by atoms with Crippen molar-refractivity contribution in [3.8, 4) is 5.75 Å². The Morgan fingerprint density at radius 2 is 1.59 bits per heavy atom. The van der Waals surface area contributed by atoms with E-state index in [0.29, 0.717) is 31.0 Å². The van der Waals surface area contributed by atoms with Gasteiger partial charge in [0.25, 0.3) is 0 Å². The van der Waals surface area contributed by atoms with Gasteiger partial charge in [0.1, 0.15) is 5.75 Å². The molecule has 0 atom stereocenters. The molecule has 152 valence electrons. The minimum absolute atomic E-state index is 0.442. The Balaban J connectivity index is 1.44. The summed E-state index contributed by atoms with van der Waals surface area (Å²) in [6.45, 7) is 8.94. The predicted molar refractivity (Wildman–Crippen MR) is 110 cm³/mol. The van der Waals surface area contributed by atoms with Crippen LogP contribution in [0.4, 0.5) is 0 Å². The normalized spacial score (nSPS) is 21.6. The third-order valence-electron chi connectivity index (χ3n) is 6.14. The van der Waals surface area contributed by atoms with Crippen molar-refractivity contribution in [2.75, 3.05) is 39.0 Å². The zero-order chi connectivity index (χ0) is 19.4. The fourth-order valence-corrected chi connectivity index (χ4v) is 5.08. The smallest absolute Gasteiger partial charge is 0.211 e. The fourth-order valence-electron chi connectivity index (χ4n) is 4.21. The SMILES string of the molecule is CC(C)N1CCC(COc2ccc(C3CCN(S(C)(=O)=O)CC3)cc2)CC1. The molecule has 27 heavy (non-hydrogen) atoms. The molecule has 2 fully saturated rings. The van der Waals surface area contributed by atoms with Crippen molar-refractivity contribution in [3.63, 3.8) is 0 Å². The number of hydrogen-bond acceptors (Lipinski definition) is 4. The van der Waals surface area contributed by atoms with Crippen LogP contribution in [0.15, 0.2) is 24.3 Å². The lowest BCUT2D eigenvalue weighted by Gasteiger charge is -2.34. The third kappa shape index (κ3) is 5.69. The summed E-state index contributed by atoms with van der Waals surface area (Å²) in [5.74, 6) is 2.04. The Labute approximate surface area is 164 Å². The molecule has 0 aliphatic carbocycles. The molecule has 0 spiro atoms. The van der Waals surface area contributed by atoms with E-state index < -0.39 is 10.0 Å². The zero-order valence-electron chi connectivity index (χ0n) is 16.9. The van der Waals surface area contributed by atoms with E-state index in [9.17, 15) is 8.42 Å². The Kier molecular flexibility index (Phi) is 6.82. The number of nitrogens with zero attached hydrogens (tertiary/aromatic N) is 2. The third-order valence-corrected chi connectivity index (χ3v) is 7.44. The first-order chi connectivity index (χ1) is 12.8. The molecule has 0 radical (unpaired) electrons. The van der Waals surface area contributed by atoms with Crippen LogP contribution in [0, 0.1) is 5.92 Å². The van der Waals surface area contributed by atoms with E-state index in [1.165, 1.54) is 37.8 Å². The summed E-state index contributed by atoms with van der Waals surface area (Å²) in [5.41, 5.74) is 1.29. The van der Waals surface area contributed by atoms with Crippen molar-refractivity contribution in [2.24, 2.45) is 5.92 Å². The van der Waals surface area contributed by atoms with Crippen molar-refractivity contribution in [2.45, 2.75) is 51.5 Å². The van der Waals surface area contributed by atoms with E-state index in [1.807, 2.05) is 0 Å². The monoisotopic (exact) mass is 394 g/mol. The maximum absolute atomic E-state index is 11.6. The van der Waals surface area contributed by atoms with E-state index in [4.69, 9.17) is 4.74 Å². The van der Waals surface area contributed by atoms with Crippen molar-refractivity contribution in [1.82, 2.24) is 9.21 Å². The van der Waals surface area contributed by atoms with Gasteiger partial charge in [0.05, 0.1) is 12.9 Å². The Morgan fingerprint density at radius 3 is 2.11 bits per heavy atom. The second kappa shape index (κ2) is 8.93. The summed E-state index contributed by atoms with van der Waals surface area (Å²) in [7, 11) is -3.05. The van der Waals surface area contributed by atoms with Crippen molar-refractivity contribution in [3.05, 3.63) is 29.8 Å². The van der Waals surface area contributed by atoms with Gasteiger partial charge in [-0.05, 0) is 82.2 Å². The van der Waals surface area contributed by atoms with Gasteiger partial charge in [-0.3, -0.25) is 0 Å². The van der Waals surface area contributed by atoms with Crippen molar-refractivity contribution in [1.29, 1.82) is 0 Å². The fraction of sp³-hybridized carbons (Fsp3) is 0.714. The number of benzene rings is 1. The Bertz CT molecular complexity index is 687. The highest BCUT2D eigenvalue weighted by molar-refractivity contribution is 7.88. The van der Waals surface area contributed by atoms with Gasteiger partial charge in [-0.25, -0.2) is 12.7 Å². The lowest BCUT2D eigenvalue weighted by molar-refractivity contribution is 0.119. The second-order valence-electron chi connectivity index (χ2n) is 8.39. The van der Waals surface area contributed by atoms with Gasteiger partial charge in [-0.2, -0.15) is 0 Å². The molecular weight excluding hydrogens is 360 g/mol. The van der Waals surface area contributed by atoms with Crippen LogP contribution in [0.5, 0.6) is 5.75 Å². The first kappa shape index (κ1) is 20.6. The lowest BCUT2D eigenvalue weighted by atomic mass is 9.90. The number of sulfonamides is 1. The molecule has 2 aliphatic rings. The topological polar surface area (TPSA) is 49.9 Å². The van der Waals surface area contributed by atoms with Crippen LogP contribution in [0.3, 0.4) is 0 Å². The number of rotatable bonds is 6. The average molecular weight is 395 g/mol. The summed E-state index contributed by atoms with van der Waals surface area (Å²) in [6.07, 6.45) is 5.51. The molecule has 6 heteroatoms. The maximum atomic E-state index is 11.6. The van der Waals surface area contributed by atoms with E-state index in [0.717, 1.165) is 25.2 Å². The molecule has 3 rings (SSSR count). The summed E-state index contributed by atoms with van der Waals surface area (Å²) >= 11 is 0. The standard InChI is InChI=1S/C21H34N2O3S/c1-17(2)22-12-8-18(9-13-22)16-26-21-6-4-19(5-7-21)20-10-14-23(15-11-20)27(3,24)25/h4-7,17-18,20H,8-16H2,1-3H3. The van der Waals surface area contributed by atoms with Crippen LogP contribution < -0.4 is 4.74 Å². The van der Waals surface area contributed by atoms with E-state index in [-0.39, 0.29) is 0 Å². The number of ether oxygens (including phenoxy) is 1. The maximum Gasteiger partial charge on any atom is 0.211 e. The predicted octanol–water partition coefficient (Wildman–Crippen LogP) is 3.32. The summed E-state index contributed by atoms with van der Waals surface area (Å²) in [4.78, 5) is 2.54. The molecule has 2 heterocycles. The largest absolute Gasteiger partial charge is 0.493 e. The van der Waals surface area contributed by atoms with Gasteiger partial charge in [0.15, 0.2) is 0 Å². The highest BCUT2D eigenvalue weighted by atomic mass is 32.2. The van der Waals surface area contributed by atoms with Crippen molar-refractivity contribution < 1.29 is 13.2 Å². The quantitative estimate of drug-likeness (QED) is 0.743. The summed E-state index contributed by atoms with van der Waals surface area (Å²) in [6, 6.07) is 9.08. The molecule has 0 amide bonds. The molecule has 0 aromatic heterocycles. The molecule has 2 saturated heterocycles. The summed E-state index contributed by atoms with van der Waals surface area (Å²) < 4.78 is 30.9.